The predicted octanol–water partition coefficient (Wildman–Crippen LogP) is 2.31. The standard InChI is InChI=1S/C22H34FN7O/c1-16-13-18(23)8-9-20(16)30-11-5-7-19(15-30)26-22(24-10-6-12-31-4)25-14-21-28-27-17(2)29(21)3/h8-9,13,19H,5-7,10-12,14-15H2,1-4H3,(H2,24,25,26). The van der Waals surface area contributed by atoms with Crippen LogP contribution in [0.3, 0.4) is 0 Å². The van der Waals surface area contributed by atoms with E-state index in [2.05, 4.69) is 25.7 Å². The van der Waals surface area contributed by atoms with Crippen molar-refractivity contribution in [2.24, 2.45) is 12.0 Å². The second-order valence-corrected chi connectivity index (χ2v) is 8.02. The summed E-state index contributed by atoms with van der Waals surface area (Å²) in [4.78, 5) is 7.07. The maximum atomic E-state index is 13.5. The van der Waals surface area contributed by atoms with Gasteiger partial charge in [0.1, 0.15) is 18.2 Å². The zero-order valence-electron chi connectivity index (χ0n) is 19.0. The van der Waals surface area contributed by atoms with Gasteiger partial charge in [0.05, 0.1) is 0 Å². The van der Waals surface area contributed by atoms with Gasteiger partial charge in [-0.1, -0.05) is 0 Å². The number of benzene rings is 1. The summed E-state index contributed by atoms with van der Waals surface area (Å²) in [7, 11) is 3.65. The third kappa shape index (κ3) is 6.40. The van der Waals surface area contributed by atoms with E-state index in [4.69, 9.17) is 9.73 Å². The average Bonchev–Trinajstić information content (AvgIpc) is 3.07. The van der Waals surface area contributed by atoms with Crippen LogP contribution in [0.15, 0.2) is 23.2 Å². The van der Waals surface area contributed by atoms with E-state index in [1.165, 1.54) is 6.07 Å². The second kappa shape index (κ2) is 11.1. The number of aliphatic imine (C=N–C) groups is 1. The number of guanidine groups is 1. The van der Waals surface area contributed by atoms with Crippen molar-refractivity contribution in [3.8, 4) is 0 Å². The Kier molecular flexibility index (Phi) is 8.22. The largest absolute Gasteiger partial charge is 0.385 e. The van der Waals surface area contributed by atoms with E-state index in [0.717, 1.165) is 67.8 Å². The van der Waals surface area contributed by atoms with Gasteiger partial charge in [-0.05, 0) is 56.9 Å². The predicted molar refractivity (Wildman–Crippen MR) is 121 cm³/mol. The number of ether oxygens (including phenoxy) is 1. The lowest BCUT2D eigenvalue weighted by atomic mass is 10.0. The molecule has 1 aromatic heterocycles. The third-order valence-corrected chi connectivity index (χ3v) is 5.64. The number of anilines is 1. The first-order valence-electron chi connectivity index (χ1n) is 10.9. The van der Waals surface area contributed by atoms with E-state index in [0.29, 0.717) is 13.2 Å². The Labute approximate surface area is 183 Å². The highest BCUT2D eigenvalue weighted by Gasteiger charge is 2.22. The van der Waals surface area contributed by atoms with Gasteiger partial charge < -0.3 is 24.8 Å². The van der Waals surface area contributed by atoms with E-state index in [-0.39, 0.29) is 11.9 Å². The van der Waals surface area contributed by atoms with Crippen LogP contribution in [0.25, 0.3) is 0 Å². The molecule has 0 aliphatic carbocycles. The lowest BCUT2D eigenvalue weighted by molar-refractivity contribution is 0.195. The molecule has 0 bridgehead atoms. The minimum atomic E-state index is -0.193. The van der Waals surface area contributed by atoms with Gasteiger partial charge in [0.25, 0.3) is 0 Å². The molecular weight excluding hydrogens is 397 g/mol. The Hall–Kier alpha value is -2.68. The van der Waals surface area contributed by atoms with Gasteiger partial charge in [-0.2, -0.15) is 0 Å². The molecule has 1 aliphatic rings. The fraction of sp³-hybridized carbons (Fsp3) is 0.591. The van der Waals surface area contributed by atoms with Crippen molar-refractivity contribution in [2.45, 2.75) is 45.7 Å². The first-order valence-corrected chi connectivity index (χ1v) is 10.9. The van der Waals surface area contributed by atoms with E-state index < -0.39 is 0 Å². The summed E-state index contributed by atoms with van der Waals surface area (Å²) < 4.78 is 20.6. The number of hydrogen-bond donors (Lipinski definition) is 2. The van der Waals surface area contributed by atoms with Crippen molar-refractivity contribution in [1.29, 1.82) is 0 Å². The average molecular weight is 432 g/mol. The van der Waals surface area contributed by atoms with Gasteiger partial charge in [0.2, 0.25) is 0 Å². The summed E-state index contributed by atoms with van der Waals surface area (Å²) in [5.41, 5.74) is 2.05. The summed E-state index contributed by atoms with van der Waals surface area (Å²) in [5, 5.41) is 15.3. The van der Waals surface area contributed by atoms with Crippen LogP contribution in [-0.2, 0) is 18.3 Å². The molecule has 170 valence electrons. The summed E-state index contributed by atoms with van der Waals surface area (Å²) >= 11 is 0. The molecule has 9 heteroatoms. The molecule has 0 spiro atoms. The van der Waals surface area contributed by atoms with Crippen LogP contribution in [0.2, 0.25) is 0 Å². The van der Waals surface area contributed by atoms with Gasteiger partial charge >= 0.3 is 0 Å². The lowest BCUT2D eigenvalue weighted by Crippen LogP contribution is -2.51. The van der Waals surface area contributed by atoms with Crippen molar-refractivity contribution < 1.29 is 9.13 Å². The van der Waals surface area contributed by atoms with Crippen LogP contribution in [0.1, 0.15) is 36.5 Å². The van der Waals surface area contributed by atoms with Crippen LogP contribution in [0.5, 0.6) is 0 Å². The minimum Gasteiger partial charge on any atom is -0.385 e. The molecule has 1 unspecified atom stereocenters. The maximum Gasteiger partial charge on any atom is 0.191 e. The first kappa shape index (κ1) is 23.0. The lowest BCUT2D eigenvalue weighted by Gasteiger charge is -2.36. The van der Waals surface area contributed by atoms with Gasteiger partial charge in [-0.25, -0.2) is 9.38 Å². The Morgan fingerprint density at radius 1 is 1.32 bits per heavy atom. The number of nitrogens with zero attached hydrogens (tertiary/aromatic N) is 5. The number of aryl methyl sites for hydroxylation is 2. The topological polar surface area (TPSA) is 79.6 Å². The number of aromatic nitrogens is 3. The molecule has 1 saturated heterocycles. The van der Waals surface area contributed by atoms with E-state index in [1.807, 2.05) is 31.5 Å². The quantitative estimate of drug-likeness (QED) is 0.379. The van der Waals surface area contributed by atoms with Gasteiger partial charge in [0.15, 0.2) is 11.8 Å². The molecule has 2 heterocycles. The summed E-state index contributed by atoms with van der Waals surface area (Å²) in [6.07, 6.45) is 3.01. The minimum absolute atomic E-state index is 0.193. The Morgan fingerprint density at radius 3 is 2.87 bits per heavy atom. The second-order valence-electron chi connectivity index (χ2n) is 8.02. The molecule has 1 aromatic carbocycles. The highest BCUT2D eigenvalue weighted by Crippen LogP contribution is 2.24. The zero-order chi connectivity index (χ0) is 22.2. The van der Waals surface area contributed by atoms with Crippen molar-refractivity contribution in [1.82, 2.24) is 25.4 Å². The van der Waals surface area contributed by atoms with Gasteiger partial charge in [-0.3, -0.25) is 0 Å². The molecule has 3 rings (SSSR count). The number of piperidine rings is 1. The van der Waals surface area contributed by atoms with Crippen molar-refractivity contribution in [3.63, 3.8) is 0 Å². The normalized spacial score (nSPS) is 17.1. The molecule has 1 fully saturated rings. The Balaban J connectivity index is 1.66. The van der Waals surface area contributed by atoms with Crippen LogP contribution < -0.4 is 15.5 Å². The number of halogens is 1. The zero-order valence-corrected chi connectivity index (χ0v) is 19.0. The molecule has 0 radical (unpaired) electrons. The number of rotatable bonds is 8. The first-order chi connectivity index (χ1) is 15.0. The summed E-state index contributed by atoms with van der Waals surface area (Å²) in [6.45, 7) is 7.61. The van der Waals surface area contributed by atoms with Crippen LogP contribution in [0.4, 0.5) is 10.1 Å². The van der Waals surface area contributed by atoms with Crippen LogP contribution >= 0.6 is 0 Å². The fourth-order valence-electron chi connectivity index (χ4n) is 3.80. The molecule has 31 heavy (non-hydrogen) atoms. The number of methoxy groups -OCH3 is 1. The smallest absolute Gasteiger partial charge is 0.191 e. The summed E-state index contributed by atoms with van der Waals surface area (Å²) in [5.74, 6) is 2.26. The number of hydrogen-bond acceptors (Lipinski definition) is 5. The third-order valence-electron chi connectivity index (χ3n) is 5.64. The summed E-state index contributed by atoms with van der Waals surface area (Å²) in [6, 6.07) is 5.25. The van der Waals surface area contributed by atoms with Crippen molar-refractivity contribution >= 4 is 11.6 Å². The molecule has 1 atom stereocenters. The SMILES string of the molecule is COCCCNC(=NCc1nnc(C)n1C)NC1CCCN(c2ccc(F)cc2C)C1. The highest BCUT2D eigenvalue weighted by molar-refractivity contribution is 5.80. The molecule has 0 amide bonds. The maximum absolute atomic E-state index is 13.5. The Bertz CT molecular complexity index is 883. The van der Waals surface area contributed by atoms with Crippen LogP contribution in [-0.4, -0.2) is 60.1 Å². The monoisotopic (exact) mass is 431 g/mol. The van der Waals surface area contributed by atoms with Crippen molar-refractivity contribution in [3.05, 3.63) is 41.2 Å². The van der Waals surface area contributed by atoms with E-state index in [9.17, 15) is 4.39 Å². The molecule has 2 aromatic rings. The molecular formula is C22H34FN7O. The van der Waals surface area contributed by atoms with E-state index in [1.54, 1.807) is 13.2 Å². The Morgan fingerprint density at radius 2 is 2.16 bits per heavy atom. The highest BCUT2D eigenvalue weighted by atomic mass is 19.1. The molecule has 0 saturated carbocycles. The number of nitrogens with one attached hydrogen (secondary N) is 2. The molecule has 8 nitrogen and oxygen atoms in total. The van der Waals surface area contributed by atoms with Crippen molar-refractivity contribution in [2.75, 3.05) is 38.3 Å². The molecule has 2 N–H and O–H groups in total. The van der Waals surface area contributed by atoms with Gasteiger partial charge in [0, 0.05) is 52.1 Å². The fourth-order valence-corrected chi connectivity index (χ4v) is 3.80. The van der Waals surface area contributed by atoms with Crippen LogP contribution in [0, 0.1) is 19.7 Å². The van der Waals surface area contributed by atoms with E-state index >= 15 is 0 Å². The van der Waals surface area contributed by atoms with Gasteiger partial charge in [-0.15, -0.1) is 10.2 Å². The molecule has 1 aliphatic heterocycles.